The van der Waals surface area contributed by atoms with Crippen LogP contribution in [0.15, 0.2) is 54.6 Å². The monoisotopic (exact) mass is 435 g/mol. The highest BCUT2D eigenvalue weighted by Gasteiger charge is 2.53. The Labute approximate surface area is 190 Å². The van der Waals surface area contributed by atoms with Crippen LogP contribution in [0.4, 0.5) is 0 Å². The van der Waals surface area contributed by atoms with Crippen LogP contribution in [0.2, 0.25) is 0 Å². The van der Waals surface area contributed by atoms with Crippen LogP contribution in [0.25, 0.3) is 0 Å². The second-order valence-electron chi connectivity index (χ2n) is 8.84. The molecule has 2 aromatic rings. The predicted molar refractivity (Wildman–Crippen MR) is 124 cm³/mol. The number of benzene rings is 2. The topological polar surface area (TPSA) is 61.9 Å². The van der Waals surface area contributed by atoms with Crippen molar-refractivity contribution in [2.75, 3.05) is 33.3 Å². The lowest BCUT2D eigenvalue weighted by Crippen LogP contribution is -2.48. The van der Waals surface area contributed by atoms with E-state index < -0.39 is 5.41 Å². The van der Waals surface area contributed by atoms with Gasteiger partial charge in [0.25, 0.3) is 0 Å². The number of likely N-dealkylation sites (N-methyl/N-ethyl adjacent to an activating group) is 1. The highest BCUT2D eigenvalue weighted by Crippen LogP contribution is 2.43. The van der Waals surface area contributed by atoms with E-state index in [0.717, 1.165) is 37.4 Å². The third-order valence-corrected chi connectivity index (χ3v) is 6.94. The number of hydrogen-bond acceptors (Lipinski definition) is 4. The zero-order valence-electron chi connectivity index (χ0n) is 19.0. The molecule has 0 bridgehead atoms. The zero-order valence-corrected chi connectivity index (χ0v) is 19.0. The molecule has 32 heavy (non-hydrogen) atoms. The van der Waals surface area contributed by atoms with Gasteiger partial charge in [0, 0.05) is 38.6 Å². The number of carbonyl (C=O) groups is 2. The van der Waals surface area contributed by atoms with E-state index >= 15 is 0 Å². The van der Waals surface area contributed by atoms with E-state index in [4.69, 9.17) is 4.74 Å². The molecule has 4 rings (SSSR count). The molecule has 2 unspecified atom stereocenters. The summed E-state index contributed by atoms with van der Waals surface area (Å²) in [6, 6.07) is 18.3. The van der Waals surface area contributed by atoms with E-state index in [1.165, 1.54) is 5.56 Å². The quantitative estimate of drug-likeness (QED) is 0.658. The highest BCUT2D eigenvalue weighted by molar-refractivity contribution is 5.91. The molecule has 2 aliphatic rings. The average molecular weight is 436 g/mol. The smallest absolute Gasteiger partial charge is 0.232 e. The summed E-state index contributed by atoms with van der Waals surface area (Å²) in [5, 5.41) is 3.20. The van der Waals surface area contributed by atoms with E-state index in [0.29, 0.717) is 25.9 Å². The van der Waals surface area contributed by atoms with E-state index in [-0.39, 0.29) is 17.9 Å². The first-order valence-corrected chi connectivity index (χ1v) is 11.5. The third-order valence-electron chi connectivity index (χ3n) is 6.94. The molecule has 2 fully saturated rings. The van der Waals surface area contributed by atoms with Crippen molar-refractivity contribution in [3.63, 3.8) is 0 Å². The van der Waals surface area contributed by atoms with E-state index in [1.54, 1.807) is 7.11 Å². The van der Waals surface area contributed by atoms with Gasteiger partial charge in [-0.25, -0.2) is 0 Å². The summed E-state index contributed by atoms with van der Waals surface area (Å²) in [5.74, 6) is 0.893. The number of nitrogens with one attached hydrogen (secondary N) is 1. The second-order valence-corrected chi connectivity index (χ2v) is 8.84. The minimum atomic E-state index is -0.730. The first-order chi connectivity index (χ1) is 15.6. The molecule has 2 heterocycles. The van der Waals surface area contributed by atoms with Crippen molar-refractivity contribution in [1.29, 1.82) is 0 Å². The summed E-state index contributed by atoms with van der Waals surface area (Å²) in [6.45, 7) is 5.70. The SMILES string of the molecule is CCN(CCNC(=O)C1(c2cccc(OC)c2)CC2CCC(=O)N2C1)Cc1ccccc1. The van der Waals surface area contributed by atoms with Gasteiger partial charge < -0.3 is 15.0 Å². The van der Waals surface area contributed by atoms with Crippen molar-refractivity contribution >= 4 is 11.8 Å². The molecule has 2 aromatic carbocycles. The van der Waals surface area contributed by atoms with Gasteiger partial charge in [0.05, 0.1) is 12.5 Å². The molecule has 0 aromatic heterocycles. The van der Waals surface area contributed by atoms with Crippen LogP contribution >= 0.6 is 0 Å². The predicted octanol–water partition coefficient (Wildman–Crippen LogP) is 2.97. The minimum absolute atomic E-state index is 0.00344. The van der Waals surface area contributed by atoms with Crippen molar-refractivity contribution in [2.45, 2.75) is 44.2 Å². The summed E-state index contributed by atoms with van der Waals surface area (Å²) in [5.41, 5.74) is 1.46. The molecule has 6 nitrogen and oxygen atoms in total. The van der Waals surface area contributed by atoms with Crippen LogP contribution in [0.3, 0.4) is 0 Å². The molecule has 0 spiro atoms. The maximum Gasteiger partial charge on any atom is 0.232 e. The molecular weight excluding hydrogens is 402 g/mol. The Kier molecular flexibility index (Phi) is 6.80. The second kappa shape index (κ2) is 9.74. The molecule has 0 radical (unpaired) electrons. The fourth-order valence-corrected chi connectivity index (χ4v) is 5.09. The van der Waals surface area contributed by atoms with E-state index in [1.807, 2.05) is 35.2 Å². The Bertz CT molecular complexity index is 948. The van der Waals surface area contributed by atoms with Gasteiger partial charge in [0.1, 0.15) is 5.75 Å². The van der Waals surface area contributed by atoms with Gasteiger partial charge in [-0.2, -0.15) is 0 Å². The van der Waals surface area contributed by atoms with E-state index in [9.17, 15) is 9.59 Å². The van der Waals surface area contributed by atoms with Crippen molar-refractivity contribution in [3.05, 3.63) is 65.7 Å². The van der Waals surface area contributed by atoms with Crippen LogP contribution in [-0.4, -0.2) is 60.9 Å². The van der Waals surface area contributed by atoms with Gasteiger partial charge in [-0.3, -0.25) is 14.5 Å². The number of nitrogens with zero attached hydrogens (tertiary/aromatic N) is 2. The Balaban J connectivity index is 1.47. The summed E-state index contributed by atoms with van der Waals surface area (Å²) in [4.78, 5) is 30.3. The summed E-state index contributed by atoms with van der Waals surface area (Å²) in [6.07, 6.45) is 2.09. The maximum atomic E-state index is 13.6. The van der Waals surface area contributed by atoms with Crippen LogP contribution in [0.1, 0.15) is 37.3 Å². The summed E-state index contributed by atoms with van der Waals surface area (Å²) in [7, 11) is 1.63. The lowest BCUT2D eigenvalue weighted by atomic mass is 9.76. The third kappa shape index (κ3) is 4.51. The first-order valence-electron chi connectivity index (χ1n) is 11.5. The average Bonchev–Trinajstić information content (AvgIpc) is 3.38. The Morgan fingerprint density at radius 3 is 2.75 bits per heavy atom. The van der Waals surface area contributed by atoms with Crippen LogP contribution in [0.5, 0.6) is 5.75 Å². The largest absolute Gasteiger partial charge is 0.497 e. The van der Waals surface area contributed by atoms with Crippen LogP contribution in [0, 0.1) is 0 Å². The molecule has 0 aliphatic carbocycles. The molecule has 2 amide bonds. The van der Waals surface area contributed by atoms with Gasteiger partial charge >= 0.3 is 0 Å². The Hall–Kier alpha value is -2.86. The van der Waals surface area contributed by atoms with Crippen LogP contribution in [-0.2, 0) is 21.5 Å². The molecule has 2 aliphatic heterocycles. The van der Waals surface area contributed by atoms with Crippen molar-refractivity contribution < 1.29 is 14.3 Å². The number of carbonyl (C=O) groups excluding carboxylic acids is 2. The lowest BCUT2D eigenvalue weighted by Gasteiger charge is -2.30. The lowest BCUT2D eigenvalue weighted by molar-refractivity contribution is -0.129. The van der Waals surface area contributed by atoms with Gasteiger partial charge in [-0.05, 0) is 42.6 Å². The molecule has 6 heteroatoms. The standard InChI is InChI=1S/C26H33N3O3/c1-3-28(18-20-8-5-4-6-9-20)15-14-27-25(31)26(21-10-7-11-23(16-21)32-2)17-22-12-13-24(30)29(22)19-26/h4-11,16,22H,3,12-15,17-19H2,1-2H3,(H,27,31). The number of amides is 2. The van der Waals surface area contributed by atoms with Crippen molar-refractivity contribution in [2.24, 2.45) is 0 Å². The molecule has 1 N–H and O–H groups in total. The maximum absolute atomic E-state index is 13.6. The summed E-state index contributed by atoms with van der Waals surface area (Å²) < 4.78 is 5.42. The number of methoxy groups -OCH3 is 1. The fraction of sp³-hybridized carbons (Fsp3) is 0.462. The Morgan fingerprint density at radius 1 is 1.22 bits per heavy atom. The Morgan fingerprint density at radius 2 is 2.03 bits per heavy atom. The molecule has 2 atom stereocenters. The number of rotatable bonds is 9. The molecular formula is C26H33N3O3. The number of fused-ring (bicyclic) bond motifs is 1. The number of ether oxygens (including phenoxy) is 1. The molecule has 0 saturated carbocycles. The highest BCUT2D eigenvalue weighted by atomic mass is 16.5. The zero-order chi connectivity index (χ0) is 22.6. The summed E-state index contributed by atoms with van der Waals surface area (Å²) >= 11 is 0. The normalized spacial score (nSPS) is 22.3. The van der Waals surface area contributed by atoms with Gasteiger partial charge in [0.15, 0.2) is 0 Å². The van der Waals surface area contributed by atoms with Crippen LogP contribution < -0.4 is 10.1 Å². The molecule has 170 valence electrons. The minimum Gasteiger partial charge on any atom is -0.497 e. The number of hydrogen-bond donors (Lipinski definition) is 1. The van der Waals surface area contributed by atoms with Gasteiger partial charge in [-0.15, -0.1) is 0 Å². The van der Waals surface area contributed by atoms with Crippen molar-refractivity contribution in [1.82, 2.24) is 15.1 Å². The molecule has 2 saturated heterocycles. The van der Waals surface area contributed by atoms with Gasteiger partial charge in [0.2, 0.25) is 11.8 Å². The van der Waals surface area contributed by atoms with Crippen molar-refractivity contribution in [3.8, 4) is 5.75 Å². The van der Waals surface area contributed by atoms with E-state index in [2.05, 4.69) is 41.4 Å². The fourth-order valence-electron chi connectivity index (χ4n) is 5.09. The first kappa shape index (κ1) is 22.3. The van der Waals surface area contributed by atoms with Gasteiger partial charge in [-0.1, -0.05) is 49.4 Å².